The van der Waals surface area contributed by atoms with E-state index in [0.717, 1.165) is 28.9 Å². The van der Waals surface area contributed by atoms with E-state index >= 15 is 0 Å². The topological polar surface area (TPSA) is 38.3 Å². The van der Waals surface area contributed by atoms with Gasteiger partial charge in [0, 0.05) is 17.0 Å². The Hall–Kier alpha value is -2.00. The smallest absolute Gasteiger partial charge is 0.224 e. The van der Waals surface area contributed by atoms with Crippen LogP contribution in [0.1, 0.15) is 43.0 Å². The lowest BCUT2D eigenvalue weighted by molar-refractivity contribution is -0.121. The third-order valence-corrected chi connectivity index (χ3v) is 4.45. The second-order valence-electron chi connectivity index (χ2n) is 7.03. The fourth-order valence-corrected chi connectivity index (χ4v) is 3.39. The van der Waals surface area contributed by atoms with Gasteiger partial charge in [-0.1, -0.05) is 41.4 Å². The molecule has 0 spiro atoms. The molecule has 2 aromatic carbocycles. The summed E-state index contributed by atoms with van der Waals surface area (Å²) in [4.78, 5) is 12.5. The van der Waals surface area contributed by atoms with Gasteiger partial charge in [-0.25, -0.2) is 0 Å². The molecule has 0 aliphatic carbocycles. The quantitative estimate of drug-likeness (QED) is 0.883. The van der Waals surface area contributed by atoms with E-state index < -0.39 is 0 Å². The Morgan fingerprint density at radius 1 is 1.29 bits per heavy atom. The van der Waals surface area contributed by atoms with Gasteiger partial charge in [0.2, 0.25) is 5.91 Å². The van der Waals surface area contributed by atoms with Crippen molar-refractivity contribution in [2.75, 3.05) is 0 Å². The number of amides is 1. The molecule has 1 heterocycles. The van der Waals surface area contributed by atoms with E-state index in [-0.39, 0.29) is 17.6 Å². The minimum atomic E-state index is -0.309. The molecule has 1 aliphatic heterocycles. The maximum absolute atomic E-state index is 12.5. The van der Waals surface area contributed by atoms with Gasteiger partial charge in [0.15, 0.2) is 0 Å². The second-order valence-corrected chi connectivity index (χ2v) is 7.47. The van der Waals surface area contributed by atoms with Crippen LogP contribution in [0, 0.1) is 6.92 Å². The number of hydrogen-bond acceptors (Lipinski definition) is 2. The lowest BCUT2D eigenvalue weighted by Gasteiger charge is -2.38. The van der Waals surface area contributed by atoms with Crippen molar-refractivity contribution in [1.82, 2.24) is 5.32 Å². The van der Waals surface area contributed by atoms with Gasteiger partial charge in [-0.15, -0.1) is 0 Å². The van der Waals surface area contributed by atoms with Crippen LogP contribution in [0.4, 0.5) is 0 Å². The van der Waals surface area contributed by atoms with Crippen molar-refractivity contribution in [3.63, 3.8) is 0 Å². The molecule has 3 rings (SSSR count). The summed E-state index contributed by atoms with van der Waals surface area (Å²) < 4.78 is 6.05. The van der Waals surface area contributed by atoms with Crippen LogP contribution in [0.2, 0.25) is 5.02 Å². The molecule has 1 aliphatic rings. The monoisotopic (exact) mass is 343 g/mol. The van der Waals surface area contributed by atoms with Gasteiger partial charge < -0.3 is 10.1 Å². The van der Waals surface area contributed by atoms with Gasteiger partial charge in [0.05, 0.1) is 12.5 Å². The molecular weight excluding hydrogens is 322 g/mol. The van der Waals surface area contributed by atoms with E-state index in [1.807, 2.05) is 57.2 Å². The first kappa shape index (κ1) is 16.8. The number of aryl methyl sites for hydroxylation is 1. The summed E-state index contributed by atoms with van der Waals surface area (Å²) in [7, 11) is 0. The van der Waals surface area contributed by atoms with Gasteiger partial charge >= 0.3 is 0 Å². The van der Waals surface area contributed by atoms with Crippen molar-refractivity contribution < 1.29 is 9.53 Å². The normalized spacial score (nSPS) is 18.4. The number of nitrogens with one attached hydrogen (secondary N) is 1. The van der Waals surface area contributed by atoms with Crippen LogP contribution in [0.5, 0.6) is 5.75 Å². The molecule has 1 N–H and O–H groups in total. The summed E-state index contributed by atoms with van der Waals surface area (Å²) in [5.74, 6) is 0.845. The predicted octanol–water partition coefficient (Wildman–Crippen LogP) is 4.61. The van der Waals surface area contributed by atoms with Crippen LogP contribution >= 0.6 is 11.6 Å². The Bertz CT molecular complexity index is 770. The SMILES string of the molecule is Cc1ccc2c(c1)[C@@H](NC(=O)Cc1cccc(Cl)c1)CC(C)(C)O2. The maximum Gasteiger partial charge on any atom is 0.224 e. The third-order valence-electron chi connectivity index (χ3n) is 4.21. The fraction of sp³-hybridized carbons (Fsp3) is 0.350. The Morgan fingerprint density at radius 2 is 2.08 bits per heavy atom. The average Bonchev–Trinajstić information content (AvgIpc) is 2.47. The van der Waals surface area contributed by atoms with E-state index in [0.29, 0.717) is 11.4 Å². The standard InChI is InChI=1S/C20H22ClNO2/c1-13-7-8-18-16(9-13)17(12-20(2,3)24-18)22-19(23)11-14-5-4-6-15(21)10-14/h4-10,17H,11-12H2,1-3H3,(H,22,23)/t17-/m0/s1. The number of rotatable bonds is 3. The second kappa shape index (κ2) is 6.48. The zero-order valence-corrected chi connectivity index (χ0v) is 15.0. The summed E-state index contributed by atoms with van der Waals surface area (Å²) in [6.45, 7) is 6.14. The highest BCUT2D eigenvalue weighted by molar-refractivity contribution is 6.30. The molecule has 2 aromatic rings. The summed E-state index contributed by atoms with van der Waals surface area (Å²) in [6, 6.07) is 13.5. The molecular formula is C20H22ClNO2. The Morgan fingerprint density at radius 3 is 2.83 bits per heavy atom. The molecule has 4 heteroatoms. The Kier molecular flexibility index (Phi) is 4.55. The van der Waals surface area contributed by atoms with Crippen molar-refractivity contribution >= 4 is 17.5 Å². The highest BCUT2D eigenvalue weighted by atomic mass is 35.5. The van der Waals surface area contributed by atoms with Crippen molar-refractivity contribution in [1.29, 1.82) is 0 Å². The lowest BCUT2D eigenvalue weighted by atomic mass is 9.89. The number of carbonyl (C=O) groups excluding carboxylic acids is 1. The maximum atomic E-state index is 12.5. The molecule has 1 amide bonds. The number of hydrogen-bond donors (Lipinski definition) is 1. The Balaban J connectivity index is 1.79. The molecule has 0 saturated carbocycles. The molecule has 0 aromatic heterocycles. The zero-order chi connectivity index (χ0) is 17.3. The van der Waals surface area contributed by atoms with Gasteiger partial charge in [-0.3, -0.25) is 4.79 Å². The van der Waals surface area contributed by atoms with E-state index in [2.05, 4.69) is 11.4 Å². The molecule has 126 valence electrons. The van der Waals surface area contributed by atoms with E-state index in [1.54, 1.807) is 0 Å². The number of benzene rings is 2. The summed E-state index contributed by atoms with van der Waals surface area (Å²) in [5.41, 5.74) is 2.81. The van der Waals surface area contributed by atoms with E-state index in [1.165, 1.54) is 0 Å². The van der Waals surface area contributed by atoms with Crippen LogP contribution < -0.4 is 10.1 Å². The summed E-state index contributed by atoms with van der Waals surface area (Å²) in [6.07, 6.45) is 1.06. The first-order chi connectivity index (χ1) is 11.3. The highest BCUT2D eigenvalue weighted by Crippen LogP contribution is 2.39. The lowest BCUT2D eigenvalue weighted by Crippen LogP contribution is -2.41. The van der Waals surface area contributed by atoms with Gasteiger partial charge in [0.1, 0.15) is 11.4 Å². The largest absolute Gasteiger partial charge is 0.487 e. The van der Waals surface area contributed by atoms with Gasteiger partial charge in [-0.2, -0.15) is 0 Å². The minimum Gasteiger partial charge on any atom is -0.487 e. The van der Waals surface area contributed by atoms with Gasteiger partial charge in [-0.05, 0) is 44.5 Å². The molecule has 3 nitrogen and oxygen atoms in total. The van der Waals surface area contributed by atoms with Crippen molar-refractivity contribution in [3.8, 4) is 5.75 Å². The molecule has 0 bridgehead atoms. The Labute approximate surface area is 148 Å². The number of fused-ring (bicyclic) bond motifs is 1. The van der Waals surface area contributed by atoms with Crippen LogP contribution in [0.15, 0.2) is 42.5 Å². The van der Waals surface area contributed by atoms with Crippen LogP contribution in [0.3, 0.4) is 0 Å². The summed E-state index contributed by atoms with van der Waals surface area (Å²) >= 11 is 5.99. The van der Waals surface area contributed by atoms with Crippen molar-refractivity contribution in [3.05, 3.63) is 64.2 Å². The van der Waals surface area contributed by atoms with Crippen LogP contribution in [-0.2, 0) is 11.2 Å². The molecule has 1 atom stereocenters. The first-order valence-electron chi connectivity index (χ1n) is 8.16. The molecule has 0 fully saturated rings. The predicted molar refractivity (Wildman–Crippen MR) is 96.5 cm³/mol. The average molecular weight is 344 g/mol. The highest BCUT2D eigenvalue weighted by Gasteiger charge is 2.34. The van der Waals surface area contributed by atoms with Crippen molar-refractivity contribution in [2.45, 2.75) is 45.3 Å². The molecule has 0 unspecified atom stereocenters. The van der Waals surface area contributed by atoms with Crippen LogP contribution in [0.25, 0.3) is 0 Å². The number of carbonyl (C=O) groups is 1. The fourth-order valence-electron chi connectivity index (χ4n) is 3.18. The van der Waals surface area contributed by atoms with Crippen LogP contribution in [-0.4, -0.2) is 11.5 Å². The minimum absolute atomic E-state index is 0.00702. The van der Waals surface area contributed by atoms with Crippen molar-refractivity contribution in [2.24, 2.45) is 0 Å². The third kappa shape index (κ3) is 3.90. The van der Waals surface area contributed by atoms with E-state index in [4.69, 9.17) is 16.3 Å². The number of ether oxygens (including phenoxy) is 1. The molecule has 24 heavy (non-hydrogen) atoms. The number of halogens is 1. The summed E-state index contributed by atoms with van der Waals surface area (Å²) in [5, 5.41) is 3.81. The molecule has 0 radical (unpaired) electrons. The first-order valence-corrected chi connectivity index (χ1v) is 8.53. The van der Waals surface area contributed by atoms with E-state index in [9.17, 15) is 4.79 Å². The molecule has 0 saturated heterocycles. The van der Waals surface area contributed by atoms with Gasteiger partial charge in [0.25, 0.3) is 0 Å². The zero-order valence-electron chi connectivity index (χ0n) is 14.2.